The van der Waals surface area contributed by atoms with Crippen LogP contribution in [0.5, 0.6) is 0 Å². The SMILES string of the molecule is CC(=O)C[C@H](C)C(=O)N[C@@H](CC(=O)OC(C)(C)C)C(=O)C[C@@H](CCC(=O)OC(C)(C)C)C(=O)N[C@@H](CSC(c1ccccc1)(c1ccccc1)c1ccccc1)C(=O)C[C@@H](CCC(=O)OC(C)(C)C)C(=O)N[C@@H](CC(C)C)C(=O)O. The van der Waals surface area contributed by atoms with Crippen LogP contribution in [0.3, 0.4) is 0 Å². The summed E-state index contributed by atoms with van der Waals surface area (Å²) < 4.78 is 15.6. The third-order valence-electron chi connectivity index (χ3n) is 12.4. The summed E-state index contributed by atoms with van der Waals surface area (Å²) in [6, 6.07) is 24.2. The zero-order valence-electron chi connectivity index (χ0n) is 48.9. The zero-order chi connectivity index (χ0) is 60.2. The smallest absolute Gasteiger partial charge is 0.326 e. The van der Waals surface area contributed by atoms with Gasteiger partial charge < -0.3 is 40.1 Å². The first-order valence-corrected chi connectivity index (χ1v) is 28.3. The summed E-state index contributed by atoms with van der Waals surface area (Å²) in [6.45, 7) is 21.3. The fourth-order valence-corrected chi connectivity index (χ4v) is 10.5. The molecule has 0 aliphatic heterocycles. The molecule has 4 N–H and O–H groups in total. The molecule has 0 saturated carbocycles. The molecule has 80 heavy (non-hydrogen) atoms. The molecule has 0 saturated heterocycles. The van der Waals surface area contributed by atoms with Gasteiger partial charge in [-0.15, -0.1) is 11.8 Å². The minimum Gasteiger partial charge on any atom is -0.480 e. The third kappa shape index (κ3) is 23.6. The Labute approximate surface area is 476 Å². The van der Waals surface area contributed by atoms with Gasteiger partial charge in [-0.1, -0.05) is 112 Å². The second-order valence-corrected chi connectivity index (χ2v) is 25.1. The largest absolute Gasteiger partial charge is 0.480 e. The van der Waals surface area contributed by atoms with Crippen LogP contribution in [0.1, 0.15) is 164 Å². The molecule has 0 spiro atoms. The standard InChI is InChI=1S/C62H85N3O14S/c1-39(2)33-48(58(75)76)64-56(73)43(30-32-53(70)78-60(8,9)10)36-51(68)49(38-80-62(44-23-17-14-18-24-44,45-25-19-15-20-26-45)46-27-21-16-22-28-46)65-57(74)42(29-31-52(69)77-59(5,6)7)35-50(67)47(37-54(71)79-61(11,12)13)63-55(72)40(3)34-41(4)66/h14-28,39-40,42-43,47-49H,29-38H2,1-13H3,(H,63,72)(H,64,73)(H,65,74)(H,75,76)/t40-,42+,43+,47-,48-,49-/m0/s1. The number of Topliss-reactive ketones (excluding diaryl/α,β-unsaturated/α-hetero) is 3. The highest BCUT2D eigenvalue weighted by atomic mass is 32.2. The molecule has 3 amide bonds. The van der Waals surface area contributed by atoms with Gasteiger partial charge in [0.2, 0.25) is 17.7 Å². The van der Waals surface area contributed by atoms with Crippen LogP contribution >= 0.6 is 11.8 Å². The maximum Gasteiger partial charge on any atom is 0.326 e. The Kier molecular flexibility index (Phi) is 26.0. The molecule has 6 atom stereocenters. The van der Waals surface area contributed by atoms with Crippen molar-refractivity contribution >= 4 is 70.7 Å². The Morgan fingerprint density at radius 3 is 1.21 bits per heavy atom. The molecule has 17 nitrogen and oxygen atoms in total. The highest BCUT2D eigenvalue weighted by Crippen LogP contribution is 2.49. The van der Waals surface area contributed by atoms with E-state index in [1.54, 1.807) is 76.2 Å². The number of amides is 3. The molecular formula is C62H85N3O14S. The Hall–Kier alpha value is -6.69. The molecule has 18 heteroatoms. The summed E-state index contributed by atoms with van der Waals surface area (Å²) in [5.41, 5.74) is -0.343. The molecule has 438 valence electrons. The van der Waals surface area contributed by atoms with Gasteiger partial charge in [0.25, 0.3) is 0 Å². The Morgan fingerprint density at radius 1 is 0.487 bits per heavy atom. The number of esters is 3. The lowest BCUT2D eigenvalue weighted by molar-refractivity contribution is -0.157. The average Bonchev–Trinajstić information content (AvgIpc) is 3.34. The Bertz CT molecular complexity index is 2490. The quantitative estimate of drug-likeness (QED) is 0.0266. The summed E-state index contributed by atoms with van der Waals surface area (Å²) >= 11 is 1.32. The van der Waals surface area contributed by atoms with Crippen molar-refractivity contribution in [2.24, 2.45) is 23.7 Å². The number of hydrogen-bond donors (Lipinski definition) is 4. The first kappa shape index (κ1) is 67.6. The van der Waals surface area contributed by atoms with Crippen LogP contribution in [-0.4, -0.2) is 105 Å². The predicted molar refractivity (Wildman–Crippen MR) is 306 cm³/mol. The van der Waals surface area contributed by atoms with E-state index in [1.807, 2.05) is 91.0 Å². The van der Waals surface area contributed by atoms with Gasteiger partial charge in [0.15, 0.2) is 11.6 Å². The molecule has 0 radical (unpaired) electrons. The number of ether oxygens (including phenoxy) is 3. The van der Waals surface area contributed by atoms with E-state index >= 15 is 9.59 Å². The van der Waals surface area contributed by atoms with Crippen molar-refractivity contribution in [1.29, 1.82) is 0 Å². The van der Waals surface area contributed by atoms with Gasteiger partial charge in [-0.2, -0.15) is 0 Å². The molecule has 0 aliphatic rings. The highest BCUT2D eigenvalue weighted by molar-refractivity contribution is 8.00. The van der Waals surface area contributed by atoms with E-state index in [0.29, 0.717) is 0 Å². The Morgan fingerprint density at radius 2 is 0.850 bits per heavy atom. The van der Waals surface area contributed by atoms with Gasteiger partial charge in [0, 0.05) is 55.6 Å². The number of benzene rings is 3. The molecule has 0 bridgehead atoms. The second kappa shape index (κ2) is 30.8. The fraction of sp³-hybridized carbons (Fsp3) is 0.548. The first-order valence-electron chi connectivity index (χ1n) is 27.3. The van der Waals surface area contributed by atoms with E-state index in [0.717, 1.165) is 16.7 Å². The van der Waals surface area contributed by atoms with Crippen LogP contribution in [-0.2, 0) is 66.9 Å². The fourth-order valence-electron chi connectivity index (χ4n) is 8.89. The van der Waals surface area contributed by atoms with E-state index in [1.165, 1.54) is 25.6 Å². The maximum atomic E-state index is 15.4. The summed E-state index contributed by atoms with van der Waals surface area (Å²) in [7, 11) is 0. The van der Waals surface area contributed by atoms with Crippen molar-refractivity contribution in [2.75, 3.05) is 5.75 Å². The van der Waals surface area contributed by atoms with E-state index in [9.17, 15) is 43.5 Å². The monoisotopic (exact) mass is 1130 g/mol. The number of carboxylic acids is 1. The zero-order valence-corrected chi connectivity index (χ0v) is 49.8. The second-order valence-electron chi connectivity index (χ2n) is 23.8. The number of carbonyl (C=O) groups is 10. The molecule has 3 aromatic rings. The van der Waals surface area contributed by atoms with E-state index in [4.69, 9.17) is 14.2 Å². The van der Waals surface area contributed by atoms with Gasteiger partial charge in [0.1, 0.15) is 28.6 Å². The van der Waals surface area contributed by atoms with Crippen LogP contribution in [0.2, 0.25) is 0 Å². The molecule has 0 aliphatic carbocycles. The van der Waals surface area contributed by atoms with Crippen molar-refractivity contribution < 1.29 is 67.3 Å². The minimum absolute atomic E-state index is 0.0623. The van der Waals surface area contributed by atoms with Crippen molar-refractivity contribution in [3.8, 4) is 0 Å². The average molecular weight is 1130 g/mol. The van der Waals surface area contributed by atoms with Crippen LogP contribution in [0.15, 0.2) is 91.0 Å². The molecule has 0 unspecified atom stereocenters. The third-order valence-corrected chi connectivity index (χ3v) is 14.1. The Balaban J connectivity index is 2.29. The molecule has 0 heterocycles. The molecule has 3 aromatic carbocycles. The van der Waals surface area contributed by atoms with Crippen LogP contribution < -0.4 is 16.0 Å². The highest BCUT2D eigenvalue weighted by Gasteiger charge is 2.41. The van der Waals surface area contributed by atoms with Crippen LogP contribution in [0.4, 0.5) is 0 Å². The van der Waals surface area contributed by atoms with Gasteiger partial charge >= 0.3 is 23.9 Å². The van der Waals surface area contributed by atoms with Crippen LogP contribution in [0.25, 0.3) is 0 Å². The van der Waals surface area contributed by atoms with Gasteiger partial charge in [-0.25, -0.2) is 4.79 Å². The number of ketones is 3. The van der Waals surface area contributed by atoms with Gasteiger partial charge in [0.05, 0.1) is 23.3 Å². The molecule has 0 aromatic heterocycles. The predicted octanol–water partition coefficient (Wildman–Crippen LogP) is 9.04. The number of carboxylic acid groups (broad SMARTS) is 1. The summed E-state index contributed by atoms with van der Waals surface area (Å²) in [6.07, 6.45) is -3.22. The number of carbonyl (C=O) groups excluding carboxylic acids is 9. The number of rotatable bonds is 31. The summed E-state index contributed by atoms with van der Waals surface area (Å²) in [5.74, 6) is -11.6. The van der Waals surface area contributed by atoms with Crippen molar-refractivity contribution in [1.82, 2.24) is 16.0 Å². The minimum atomic E-state index is -1.55. The van der Waals surface area contributed by atoms with Gasteiger partial charge in [-0.3, -0.25) is 38.4 Å². The summed E-state index contributed by atoms with van der Waals surface area (Å²) in [4.78, 5) is 137. The van der Waals surface area contributed by atoms with Crippen molar-refractivity contribution in [2.45, 2.75) is 187 Å². The normalized spacial score (nSPS) is 14.2. The molecule has 0 fully saturated rings. The first-order chi connectivity index (χ1) is 37.2. The number of aliphatic carboxylic acids is 1. The lowest BCUT2D eigenvalue weighted by atomic mass is 9.84. The van der Waals surface area contributed by atoms with E-state index < -0.39 is 130 Å². The molecule has 3 rings (SSSR count). The van der Waals surface area contributed by atoms with Crippen LogP contribution in [0, 0.1) is 23.7 Å². The lowest BCUT2D eigenvalue weighted by Crippen LogP contribution is -2.50. The number of thioether (sulfide) groups is 1. The van der Waals surface area contributed by atoms with Crippen molar-refractivity contribution in [3.63, 3.8) is 0 Å². The maximum absolute atomic E-state index is 15.4. The number of hydrogen-bond acceptors (Lipinski definition) is 14. The lowest BCUT2D eigenvalue weighted by Gasteiger charge is -2.37. The van der Waals surface area contributed by atoms with E-state index in [2.05, 4.69) is 16.0 Å². The molecular weight excluding hydrogens is 1040 g/mol. The number of nitrogens with one attached hydrogen (secondary N) is 3. The van der Waals surface area contributed by atoms with E-state index in [-0.39, 0.29) is 56.0 Å². The topological polar surface area (TPSA) is 255 Å². The van der Waals surface area contributed by atoms with Gasteiger partial charge in [-0.05, 0) is 111 Å². The summed E-state index contributed by atoms with van der Waals surface area (Å²) in [5, 5.41) is 18.2. The van der Waals surface area contributed by atoms with Crippen molar-refractivity contribution in [3.05, 3.63) is 108 Å².